The van der Waals surface area contributed by atoms with Crippen LogP contribution in [0.15, 0.2) is 0 Å². The van der Waals surface area contributed by atoms with Crippen LogP contribution < -0.4 is 5.32 Å². The van der Waals surface area contributed by atoms with Crippen LogP contribution in [-0.4, -0.2) is 24.9 Å². The first-order valence-electron chi connectivity index (χ1n) is 6.22. The van der Waals surface area contributed by atoms with Crippen LogP contribution in [0.5, 0.6) is 0 Å². The first-order valence-corrected chi connectivity index (χ1v) is 6.22. The van der Waals surface area contributed by atoms with Gasteiger partial charge in [0.25, 0.3) is 0 Å². The van der Waals surface area contributed by atoms with Gasteiger partial charge in [0.2, 0.25) is 0 Å². The molecule has 0 spiro atoms. The van der Waals surface area contributed by atoms with Gasteiger partial charge in [-0.2, -0.15) is 8.78 Å². The van der Waals surface area contributed by atoms with Crippen LogP contribution in [0.3, 0.4) is 0 Å². The summed E-state index contributed by atoms with van der Waals surface area (Å²) in [6, 6.07) is -0.0409. The number of halogens is 4. The molecule has 1 saturated carbocycles. The van der Waals surface area contributed by atoms with Gasteiger partial charge in [-0.25, -0.2) is 8.78 Å². The molecule has 0 radical (unpaired) electrons. The second-order valence-corrected chi connectivity index (χ2v) is 5.31. The van der Waals surface area contributed by atoms with E-state index in [0.29, 0.717) is 11.8 Å². The van der Waals surface area contributed by atoms with Gasteiger partial charge < -0.3 is 5.32 Å². The van der Waals surface area contributed by atoms with Crippen molar-refractivity contribution in [3.05, 3.63) is 0 Å². The molecule has 0 amide bonds. The Balaban J connectivity index is 2.37. The fourth-order valence-electron chi connectivity index (χ4n) is 2.38. The standard InChI is InChI=1S/C12H21F4N/c1-8(2)9-4-3-5-10(6-9)17-7-12(15,16)11(13)14/h8-11,17H,3-7H2,1-2H3. The molecule has 0 heterocycles. The molecular formula is C12H21F4N. The molecule has 0 saturated heterocycles. The van der Waals surface area contributed by atoms with Crippen molar-refractivity contribution in [2.75, 3.05) is 6.54 Å². The maximum Gasteiger partial charge on any atom is 0.319 e. The predicted octanol–water partition coefficient (Wildman–Crippen LogP) is 3.69. The van der Waals surface area contributed by atoms with Gasteiger partial charge in [0.15, 0.2) is 0 Å². The van der Waals surface area contributed by atoms with Crippen LogP contribution in [0.4, 0.5) is 17.6 Å². The van der Waals surface area contributed by atoms with Crippen LogP contribution >= 0.6 is 0 Å². The van der Waals surface area contributed by atoms with E-state index in [-0.39, 0.29) is 6.04 Å². The number of alkyl halides is 4. The van der Waals surface area contributed by atoms with Crippen molar-refractivity contribution >= 4 is 0 Å². The quantitative estimate of drug-likeness (QED) is 0.739. The molecule has 1 aliphatic rings. The predicted molar refractivity (Wildman–Crippen MR) is 59.5 cm³/mol. The topological polar surface area (TPSA) is 12.0 Å². The van der Waals surface area contributed by atoms with Crippen LogP contribution in [0.2, 0.25) is 0 Å². The van der Waals surface area contributed by atoms with E-state index in [4.69, 9.17) is 0 Å². The van der Waals surface area contributed by atoms with Gasteiger partial charge >= 0.3 is 12.3 Å². The molecule has 1 fully saturated rings. The zero-order chi connectivity index (χ0) is 13.1. The SMILES string of the molecule is CC(C)C1CCCC(NCC(F)(F)C(F)F)C1. The molecule has 17 heavy (non-hydrogen) atoms. The van der Waals surface area contributed by atoms with Crippen molar-refractivity contribution in [3.63, 3.8) is 0 Å². The lowest BCUT2D eigenvalue weighted by Crippen LogP contribution is -2.45. The summed E-state index contributed by atoms with van der Waals surface area (Å²) in [6.45, 7) is 3.31. The number of hydrogen-bond acceptors (Lipinski definition) is 1. The average molecular weight is 255 g/mol. The van der Waals surface area contributed by atoms with Crippen molar-refractivity contribution in [3.8, 4) is 0 Å². The zero-order valence-corrected chi connectivity index (χ0v) is 10.4. The minimum absolute atomic E-state index is 0.0409. The number of nitrogens with one attached hydrogen (secondary N) is 1. The van der Waals surface area contributed by atoms with Crippen LogP contribution in [0.1, 0.15) is 39.5 Å². The largest absolute Gasteiger partial charge is 0.319 e. The molecule has 2 unspecified atom stereocenters. The molecule has 1 rings (SSSR count). The summed E-state index contributed by atoms with van der Waals surface area (Å²) in [5.41, 5.74) is 0. The maximum absolute atomic E-state index is 12.7. The van der Waals surface area contributed by atoms with Crippen molar-refractivity contribution in [1.82, 2.24) is 5.32 Å². The molecule has 0 bridgehead atoms. The molecular weight excluding hydrogens is 234 g/mol. The molecule has 102 valence electrons. The number of rotatable bonds is 5. The molecule has 0 aliphatic heterocycles. The Kier molecular flexibility index (Phi) is 5.22. The molecule has 5 heteroatoms. The third kappa shape index (κ3) is 4.45. The Labute approximate surface area is 100.0 Å². The van der Waals surface area contributed by atoms with E-state index in [0.717, 1.165) is 25.7 Å². The molecule has 2 atom stereocenters. The van der Waals surface area contributed by atoms with E-state index in [1.807, 2.05) is 0 Å². The Morgan fingerprint density at radius 1 is 1.24 bits per heavy atom. The van der Waals surface area contributed by atoms with Gasteiger partial charge in [0.1, 0.15) is 0 Å². The summed E-state index contributed by atoms with van der Waals surface area (Å²) in [7, 11) is 0. The summed E-state index contributed by atoms with van der Waals surface area (Å²) >= 11 is 0. The van der Waals surface area contributed by atoms with Gasteiger partial charge in [-0.05, 0) is 24.7 Å². The fourth-order valence-corrected chi connectivity index (χ4v) is 2.38. The van der Waals surface area contributed by atoms with Crippen molar-refractivity contribution in [1.29, 1.82) is 0 Å². The summed E-state index contributed by atoms with van der Waals surface area (Å²) < 4.78 is 49.5. The summed E-state index contributed by atoms with van der Waals surface area (Å²) in [6.07, 6.45) is 0.140. The van der Waals surface area contributed by atoms with Gasteiger partial charge in [0.05, 0.1) is 6.54 Å². The fraction of sp³-hybridized carbons (Fsp3) is 1.00. The minimum Gasteiger partial charge on any atom is -0.308 e. The monoisotopic (exact) mass is 255 g/mol. The number of hydrogen-bond donors (Lipinski definition) is 1. The molecule has 0 aromatic heterocycles. The van der Waals surface area contributed by atoms with Gasteiger partial charge in [-0.15, -0.1) is 0 Å². The van der Waals surface area contributed by atoms with Gasteiger partial charge in [0, 0.05) is 6.04 Å². The van der Waals surface area contributed by atoms with Crippen LogP contribution in [-0.2, 0) is 0 Å². The summed E-state index contributed by atoms with van der Waals surface area (Å²) in [4.78, 5) is 0. The Hall–Kier alpha value is -0.320. The van der Waals surface area contributed by atoms with Crippen LogP contribution in [0.25, 0.3) is 0 Å². The van der Waals surface area contributed by atoms with E-state index < -0.39 is 18.9 Å². The highest BCUT2D eigenvalue weighted by molar-refractivity contribution is 4.82. The molecule has 0 aromatic rings. The van der Waals surface area contributed by atoms with Crippen molar-refractivity contribution < 1.29 is 17.6 Å². The first-order chi connectivity index (χ1) is 7.83. The molecule has 0 aromatic carbocycles. The van der Waals surface area contributed by atoms with E-state index in [2.05, 4.69) is 19.2 Å². The maximum atomic E-state index is 12.7. The first kappa shape index (κ1) is 14.7. The smallest absolute Gasteiger partial charge is 0.308 e. The van der Waals surface area contributed by atoms with Gasteiger partial charge in [-0.1, -0.05) is 26.7 Å². The Morgan fingerprint density at radius 2 is 1.88 bits per heavy atom. The zero-order valence-electron chi connectivity index (χ0n) is 10.4. The van der Waals surface area contributed by atoms with Crippen molar-refractivity contribution in [2.24, 2.45) is 11.8 Å². The van der Waals surface area contributed by atoms with E-state index in [1.54, 1.807) is 0 Å². The normalized spacial score (nSPS) is 26.8. The highest BCUT2D eigenvalue weighted by atomic mass is 19.3. The van der Waals surface area contributed by atoms with Crippen LogP contribution in [0, 0.1) is 11.8 Å². The van der Waals surface area contributed by atoms with E-state index in [9.17, 15) is 17.6 Å². The molecule has 1 aliphatic carbocycles. The average Bonchev–Trinajstić information content (AvgIpc) is 2.26. The Bertz CT molecular complexity index is 231. The minimum atomic E-state index is -3.91. The second kappa shape index (κ2) is 6.03. The van der Waals surface area contributed by atoms with Gasteiger partial charge in [-0.3, -0.25) is 0 Å². The third-order valence-electron chi connectivity index (χ3n) is 3.60. The lowest BCUT2D eigenvalue weighted by atomic mass is 9.79. The summed E-state index contributed by atoms with van der Waals surface area (Å²) in [5.74, 6) is -2.87. The van der Waals surface area contributed by atoms with E-state index >= 15 is 0 Å². The summed E-state index contributed by atoms with van der Waals surface area (Å²) in [5, 5.41) is 2.60. The third-order valence-corrected chi connectivity index (χ3v) is 3.60. The van der Waals surface area contributed by atoms with Crippen molar-refractivity contribution in [2.45, 2.75) is 57.9 Å². The highest BCUT2D eigenvalue weighted by Crippen LogP contribution is 2.30. The lowest BCUT2D eigenvalue weighted by Gasteiger charge is -2.33. The molecule has 1 N–H and O–H groups in total. The second-order valence-electron chi connectivity index (χ2n) is 5.31. The highest BCUT2D eigenvalue weighted by Gasteiger charge is 2.41. The lowest BCUT2D eigenvalue weighted by molar-refractivity contribution is -0.126. The van der Waals surface area contributed by atoms with E-state index in [1.165, 1.54) is 0 Å². The molecule has 1 nitrogen and oxygen atoms in total. The Morgan fingerprint density at radius 3 is 2.41 bits per heavy atom.